The second kappa shape index (κ2) is 6.62. The van der Waals surface area contributed by atoms with Crippen LogP contribution in [0, 0.1) is 0 Å². The molecule has 0 aromatic heterocycles. The van der Waals surface area contributed by atoms with E-state index in [2.05, 4.69) is 11.9 Å². The highest BCUT2D eigenvalue weighted by atomic mass is 16.3. The fourth-order valence-electron chi connectivity index (χ4n) is 0.963. The highest BCUT2D eigenvalue weighted by Gasteiger charge is 2.20. The van der Waals surface area contributed by atoms with Gasteiger partial charge in [-0.3, -0.25) is 4.79 Å². The van der Waals surface area contributed by atoms with Crippen LogP contribution < -0.4 is 11.1 Å². The lowest BCUT2D eigenvalue weighted by Gasteiger charge is -2.16. The molecule has 4 N–H and O–H groups in total. The quantitative estimate of drug-likeness (QED) is 0.502. The molecule has 76 valence electrons. The fraction of sp³-hybridized carbons (Fsp3) is 0.667. The molecule has 0 aliphatic heterocycles. The summed E-state index contributed by atoms with van der Waals surface area (Å²) in [6.07, 6.45) is 1.94. The maximum atomic E-state index is 11.1. The van der Waals surface area contributed by atoms with Crippen LogP contribution in [0.3, 0.4) is 0 Å². The zero-order chi connectivity index (χ0) is 10.3. The molecular weight excluding hydrogens is 168 g/mol. The third-order valence-corrected chi connectivity index (χ3v) is 1.72. The molecule has 0 fully saturated rings. The lowest BCUT2D eigenvalue weighted by atomic mass is 10.1. The molecule has 0 aromatic carbocycles. The zero-order valence-corrected chi connectivity index (χ0v) is 7.99. The average Bonchev–Trinajstić information content (AvgIpc) is 2.13. The van der Waals surface area contributed by atoms with Crippen molar-refractivity contribution in [3.63, 3.8) is 0 Å². The molecule has 0 aliphatic carbocycles. The van der Waals surface area contributed by atoms with E-state index in [1.807, 2.05) is 6.92 Å². The second-order valence-electron chi connectivity index (χ2n) is 2.93. The first-order valence-corrected chi connectivity index (χ1v) is 4.45. The van der Waals surface area contributed by atoms with Gasteiger partial charge in [-0.2, -0.15) is 0 Å². The summed E-state index contributed by atoms with van der Waals surface area (Å²) in [5.74, 6) is -0.430. The molecular formula is C9H18N2O2. The van der Waals surface area contributed by atoms with E-state index in [4.69, 9.17) is 5.73 Å². The van der Waals surface area contributed by atoms with Crippen molar-refractivity contribution in [2.24, 2.45) is 5.73 Å². The Morgan fingerprint density at radius 1 is 1.77 bits per heavy atom. The number of aliphatic hydroxyl groups is 1. The predicted molar refractivity (Wildman–Crippen MR) is 52.1 cm³/mol. The number of amides is 1. The molecule has 0 saturated heterocycles. The Bertz CT molecular complexity index is 171. The molecule has 0 aliphatic rings. The minimum absolute atomic E-state index is 0.356. The third-order valence-electron chi connectivity index (χ3n) is 1.72. The Morgan fingerprint density at radius 3 is 2.85 bits per heavy atom. The van der Waals surface area contributed by atoms with Gasteiger partial charge in [0, 0.05) is 12.6 Å². The maximum absolute atomic E-state index is 11.1. The van der Waals surface area contributed by atoms with Gasteiger partial charge in [0.25, 0.3) is 5.91 Å². The van der Waals surface area contributed by atoms with Gasteiger partial charge in [0.1, 0.15) is 6.10 Å². The highest BCUT2D eigenvalue weighted by molar-refractivity contribution is 5.81. The van der Waals surface area contributed by atoms with E-state index in [-0.39, 0.29) is 0 Å². The van der Waals surface area contributed by atoms with Crippen LogP contribution in [0.2, 0.25) is 0 Å². The maximum Gasteiger partial charge on any atom is 0.250 e. The zero-order valence-electron chi connectivity index (χ0n) is 7.99. The van der Waals surface area contributed by atoms with Crippen LogP contribution in [-0.2, 0) is 4.79 Å². The van der Waals surface area contributed by atoms with Crippen LogP contribution >= 0.6 is 0 Å². The molecule has 2 atom stereocenters. The first kappa shape index (κ1) is 12.1. The molecule has 0 spiro atoms. The van der Waals surface area contributed by atoms with E-state index >= 15 is 0 Å². The molecule has 0 heterocycles. The highest BCUT2D eigenvalue weighted by Crippen LogP contribution is 1.99. The fourth-order valence-corrected chi connectivity index (χ4v) is 0.963. The Hall–Kier alpha value is -0.870. The second-order valence-corrected chi connectivity index (χ2v) is 2.93. The van der Waals surface area contributed by atoms with Crippen LogP contribution in [0.1, 0.15) is 19.8 Å². The molecule has 4 nitrogen and oxygen atoms in total. The minimum atomic E-state index is -1.11. The molecule has 0 radical (unpaired) electrons. The van der Waals surface area contributed by atoms with E-state index in [1.54, 1.807) is 6.08 Å². The molecule has 2 unspecified atom stereocenters. The smallest absolute Gasteiger partial charge is 0.250 e. The van der Waals surface area contributed by atoms with Crippen LogP contribution in [-0.4, -0.2) is 29.7 Å². The monoisotopic (exact) mass is 186 g/mol. The van der Waals surface area contributed by atoms with Crippen molar-refractivity contribution >= 4 is 5.91 Å². The summed E-state index contributed by atoms with van der Waals surface area (Å²) in [5.41, 5.74) is 5.56. The Balaban J connectivity index is 3.85. The molecule has 0 rings (SSSR count). The lowest BCUT2D eigenvalue weighted by molar-refractivity contribution is -0.130. The Labute approximate surface area is 78.8 Å². The first-order chi connectivity index (χ1) is 6.13. The summed E-state index contributed by atoms with van der Waals surface area (Å²) in [7, 11) is 0. The van der Waals surface area contributed by atoms with E-state index in [1.165, 1.54) is 0 Å². The van der Waals surface area contributed by atoms with Crippen LogP contribution in [0.25, 0.3) is 0 Å². The van der Waals surface area contributed by atoms with Crippen molar-refractivity contribution in [2.75, 3.05) is 6.54 Å². The van der Waals surface area contributed by atoms with E-state index in [0.717, 1.165) is 6.42 Å². The summed E-state index contributed by atoms with van der Waals surface area (Å²) < 4.78 is 0. The number of carbonyl (C=O) groups excluding carboxylic acids is 1. The number of rotatable bonds is 6. The molecule has 1 amide bonds. The van der Waals surface area contributed by atoms with Gasteiger partial charge < -0.3 is 16.2 Å². The van der Waals surface area contributed by atoms with Crippen molar-refractivity contribution in [3.05, 3.63) is 12.7 Å². The van der Waals surface area contributed by atoms with Crippen LogP contribution in [0.15, 0.2) is 12.7 Å². The molecule has 0 saturated carbocycles. The van der Waals surface area contributed by atoms with E-state index < -0.39 is 18.1 Å². The molecule has 0 aromatic rings. The van der Waals surface area contributed by atoms with E-state index in [9.17, 15) is 9.90 Å². The van der Waals surface area contributed by atoms with Gasteiger partial charge in [0.05, 0.1) is 0 Å². The minimum Gasteiger partial charge on any atom is -0.382 e. The molecule has 4 heteroatoms. The summed E-state index contributed by atoms with van der Waals surface area (Å²) in [5, 5.41) is 11.9. The summed E-state index contributed by atoms with van der Waals surface area (Å²) in [6, 6.07) is -0.477. The van der Waals surface area contributed by atoms with Crippen molar-refractivity contribution in [3.8, 4) is 0 Å². The number of nitrogens with one attached hydrogen (secondary N) is 1. The summed E-state index contributed by atoms with van der Waals surface area (Å²) in [6.45, 7) is 5.75. The van der Waals surface area contributed by atoms with Gasteiger partial charge in [-0.05, 0) is 6.42 Å². The predicted octanol–water partition coefficient (Wildman–Crippen LogP) is -0.223. The number of aliphatic hydroxyl groups excluding tert-OH is 1. The number of hydrogen-bond acceptors (Lipinski definition) is 3. The number of nitrogens with two attached hydrogens (primary N) is 1. The average molecular weight is 186 g/mol. The normalized spacial score (nSPS) is 14.7. The summed E-state index contributed by atoms with van der Waals surface area (Å²) >= 11 is 0. The van der Waals surface area contributed by atoms with Crippen molar-refractivity contribution < 1.29 is 9.90 Å². The van der Waals surface area contributed by atoms with E-state index in [0.29, 0.717) is 13.0 Å². The van der Waals surface area contributed by atoms with Crippen molar-refractivity contribution in [1.29, 1.82) is 0 Å². The van der Waals surface area contributed by atoms with Gasteiger partial charge in [-0.1, -0.05) is 19.4 Å². The van der Waals surface area contributed by atoms with Gasteiger partial charge in [0.15, 0.2) is 0 Å². The summed E-state index contributed by atoms with van der Waals surface area (Å²) in [4.78, 5) is 11.1. The Kier molecular flexibility index (Phi) is 6.18. The standard InChI is InChI=1S/C9H18N2O2/c1-3-5-7(10)8(12)9(13)11-6-4-2/h4,7-8,12H,2-3,5-6,10H2,1H3,(H,11,13). The van der Waals surface area contributed by atoms with Crippen molar-refractivity contribution in [1.82, 2.24) is 5.32 Å². The number of hydrogen-bond donors (Lipinski definition) is 3. The van der Waals surface area contributed by atoms with Crippen LogP contribution in [0.4, 0.5) is 0 Å². The molecule has 0 bridgehead atoms. The third kappa shape index (κ3) is 4.65. The van der Waals surface area contributed by atoms with Crippen LogP contribution in [0.5, 0.6) is 0 Å². The van der Waals surface area contributed by atoms with Gasteiger partial charge in [0.2, 0.25) is 0 Å². The van der Waals surface area contributed by atoms with Crippen molar-refractivity contribution in [2.45, 2.75) is 31.9 Å². The van der Waals surface area contributed by atoms with Gasteiger partial charge in [-0.25, -0.2) is 0 Å². The first-order valence-electron chi connectivity index (χ1n) is 4.45. The van der Waals surface area contributed by atoms with Gasteiger partial charge in [-0.15, -0.1) is 6.58 Å². The SMILES string of the molecule is C=CCNC(=O)C(O)C(N)CCC. The molecule has 13 heavy (non-hydrogen) atoms. The topological polar surface area (TPSA) is 75.3 Å². The number of carbonyl (C=O) groups is 1. The lowest BCUT2D eigenvalue weighted by Crippen LogP contribution is -2.46. The Morgan fingerprint density at radius 2 is 2.38 bits per heavy atom. The largest absolute Gasteiger partial charge is 0.382 e. The van der Waals surface area contributed by atoms with Gasteiger partial charge >= 0.3 is 0 Å².